The Morgan fingerprint density at radius 3 is 2.36 bits per heavy atom. The SMILES string of the molecule is COC(=O)c1coc(CN2CCN(C(=O)/C=C(/c3ccccc3)c3ccc(Cl)cc3)CC2)n1. The zero-order chi connectivity index (χ0) is 23.2. The van der Waals surface area contributed by atoms with Gasteiger partial charge >= 0.3 is 5.97 Å². The number of piperazine rings is 1. The van der Waals surface area contributed by atoms with Gasteiger partial charge in [0.15, 0.2) is 5.69 Å². The highest BCUT2D eigenvalue weighted by Gasteiger charge is 2.22. The topological polar surface area (TPSA) is 75.9 Å². The number of halogens is 1. The number of aromatic nitrogens is 1. The van der Waals surface area contributed by atoms with Crippen LogP contribution in [0.5, 0.6) is 0 Å². The van der Waals surface area contributed by atoms with E-state index in [1.807, 2.05) is 59.5 Å². The summed E-state index contributed by atoms with van der Waals surface area (Å²) in [4.78, 5) is 32.8. The maximum atomic E-state index is 13.1. The van der Waals surface area contributed by atoms with Gasteiger partial charge in [0.05, 0.1) is 13.7 Å². The molecule has 2 heterocycles. The summed E-state index contributed by atoms with van der Waals surface area (Å²) in [6.07, 6.45) is 3.00. The third-order valence-electron chi connectivity index (χ3n) is 5.50. The van der Waals surface area contributed by atoms with Gasteiger partial charge in [-0.2, -0.15) is 0 Å². The lowest BCUT2D eigenvalue weighted by Gasteiger charge is -2.33. The normalized spacial score (nSPS) is 14.8. The molecule has 170 valence electrons. The zero-order valence-electron chi connectivity index (χ0n) is 18.2. The van der Waals surface area contributed by atoms with E-state index in [0.29, 0.717) is 43.6 Å². The number of rotatable bonds is 6. The van der Waals surface area contributed by atoms with Gasteiger partial charge < -0.3 is 14.1 Å². The molecule has 3 aromatic rings. The fraction of sp³-hybridized carbons (Fsp3) is 0.240. The van der Waals surface area contributed by atoms with Crippen LogP contribution in [0.25, 0.3) is 5.57 Å². The fourth-order valence-electron chi connectivity index (χ4n) is 3.69. The second-order valence-electron chi connectivity index (χ2n) is 7.65. The van der Waals surface area contributed by atoms with Crippen molar-refractivity contribution < 1.29 is 18.7 Å². The molecule has 0 radical (unpaired) electrons. The Kier molecular flexibility index (Phi) is 7.22. The van der Waals surface area contributed by atoms with E-state index in [4.69, 9.17) is 16.0 Å². The first kappa shape index (κ1) is 22.8. The van der Waals surface area contributed by atoms with Crippen molar-refractivity contribution in [1.29, 1.82) is 0 Å². The highest BCUT2D eigenvalue weighted by atomic mass is 35.5. The van der Waals surface area contributed by atoms with Gasteiger partial charge in [-0.3, -0.25) is 9.69 Å². The Morgan fingerprint density at radius 1 is 1.03 bits per heavy atom. The van der Waals surface area contributed by atoms with Crippen molar-refractivity contribution in [2.75, 3.05) is 33.3 Å². The number of hydrogen-bond acceptors (Lipinski definition) is 6. The molecule has 7 nitrogen and oxygen atoms in total. The second-order valence-corrected chi connectivity index (χ2v) is 8.09. The van der Waals surface area contributed by atoms with Crippen LogP contribution in [0.2, 0.25) is 5.02 Å². The van der Waals surface area contributed by atoms with Crippen molar-refractivity contribution in [3.05, 3.63) is 94.7 Å². The predicted molar refractivity (Wildman–Crippen MR) is 125 cm³/mol. The molecule has 8 heteroatoms. The number of ether oxygens (including phenoxy) is 1. The first-order valence-corrected chi connectivity index (χ1v) is 11.0. The lowest BCUT2D eigenvalue weighted by atomic mass is 9.97. The first-order valence-electron chi connectivity index (χ1n) is 10.6. The van der Waals surface area contributed by atoms with Crippen LogP contribution >= 0.6 is 11.6 Å². The Bertz CT molecular complexity index is 1130. The van der Waals surface area contributed by atoms with Crippen molar-refractivity contribution in [3.8, 4) is 0 Å². The minimum atomic E-state index is -0.526. The van der Waals surface area contributed by atoms with Crippen LogP contribution in [0, 0.1) is 0 Å². The molecule has 33 heavy (non-hydrogen) atoms. The van der Waals surface area contributed by atoms with Crippen molar-refractivity contribution in [3.63, 3.8) is 0 Å². The summed E-state index contributed by atoms with van der Waals surface area (Å²) in [6, 6.07) is 17.3. The molecule has 1 amide bonds. The molecule has 0 unspecified atom stereocenters. The van der Waals surface area contributed by atoms with Gasteiger partial charge in [-0.25, -0.2) is 9.78 Å². The highest BCUT2D eigenvalue weighted by molar-refractivity contribution is 6.30. The summed E-state index contributed by atoms with van der Waals surface area (Å²) in [6.45, 7) is 2.99. The summed E-state index contributed by atoms with van der Waals surface area (Å²) in [7, 11) is 1.30. The van der Waals surface area contributed by atoms with Crippen LogP contribution < -0.4 is 0 Å². The third-order valence-corrected chi connectivity index (χ3v) is 5.75. The van der Waals surface area contributed by atoms with E-state index < -0.39 is 5.97 Å². The summed E-state index contributed by atoms with van der Waals surface area (Å²) in [5, 5.41) is 0.651. The maximum absolute atomic E-state index is 13.1. The average Bonchev–Trinajstić information content (AvgIpc) is 3.32. The Morgan fingerprint density at radius 2 is 1.70 bits per heavy atom. The summed E-state index contributed by atoms with van der Waals surface area (Å²) in [5.41, 5.74) is 2.91. The van der Waals surface area contributed by atoms with E-state index in [-0.39, 0.29) is 11.6 Å². The lowest BCUT2D eigenvalue weighted by Crippen LogP contribution is -2.47. The monoisotopic (exact) mass is 465 g/mol. The molecule has 2 aromatic carbocycles. The molecule has 0 N–H and O–H groups in total. The van der Waals surface area contributed by atoms with Crippen LogP contribution in [-0.2, 0) is 16.1 Å². The maximum Gasteiger partial charge on any atom is 0.360 e. The highest BCUT2D eigenvalue weighted by Crippen LogP contribution is 2.25. The molecular formula is C25H24ClN3O4. The van der Waals surface area contributed by atoms with E-state index in [2.05, 4.69) is 14.6 Å². The fourth-order valence-corrected chi connectivity index (χ4v) is 3.82. The van der Waals surface area contributed by atoms with Gasteiger partial charge in [0, 0.05) is 37.3 Å². The number of amides is 1. The lowest BCUT2D eigenvalue weighted by molar-refractivity contribution is -0.127. The molecule has 1 fully saturated rings. The molecule has 4 rings (SSSR count). The molecule has 1 aliphatic heterocycles. The van der Waals surface area contributed by atoms with Crippen LogP contribution in [-0.4, -0.2) is 59.9 Å². The van der Waals surface area contributed by atoms with E-state index in [1.54, 1.807) is 6.08 Å². The minimum Gasteiger partial charge on any atom is -0.464 e. The minimum absolute atomic E-state index is 0.0347. The number of oxazole rings is 1. The second kappa shape index (κ2) is 10.5. The third kappa shape index (κ3) is 5.69. The molecule has 0 saturated carbocycles. The Labute approximate surface area is 197 Å². The van der Waals surface area contributed by atoms with Gasteiger partial charge in [0.1, 0.15) is 6.26 Å². The largest absolute Gasteiger partial charge is 0.464 e. The number of benzene rings is 2. The number of esters is 1. The van der Waals surface area contributed by atoms with Gasteiger partial charge in [0.2, 0.25) is 11.8 Å². The van der Waals surface area contributed by atoms with Crippen LogP contribution in [0.15, 0.2) is 71.4 Å². The number of hydrogen-bond donors (Lipinski definition) is 0. The van der Waals surface area contributed by atoms with Gasteiger partial charge in [-0.1, -0.05) is 54.1 Å². The smallest absolute Gasteiger partial charge is 0.360 e. The summed E-state index contributed by atoms with van der Waals surface area (Å²) < 4.78 is 10.0. The molecule has 0 spiro atoms. The molecule has 1 aliphatic rings. The average molecular weight is 466 g/mol. The molecule has 1 aromatic heterocycles. The zero-order valence-corrected chi connectivity index (χ0v) is 19.0. The molecule has 0 bridgehead atoms. The van der Waals surface area contributed by atoms with Crippen molar-refractivity contribution in [2.24, 2.45) is 0 Å². The van der Waals surface area contributed by atoms with Crippen LogP contribution in [0.1, 0.15) is 27.5 Å². The van der Waals surface area contributed by atoms with E-state index >= 15 is 0 Å². The summed E-state index contributed by atoms with van der Waals surface area (Å²) in [5.74, 6) is -0.112. The van der Waals surface area contributed by atoms with E-state index in [1.165, 1.54) is 13.4 Å². The summed E-state index contributed by atoms with van der Waals surface area (Å²) >= 11 is 6.05. The molecule has 0 atom stereocenters. The van der Waals surface area contributed by atoms with Crippen molar-refractivity contribution in [1.82, 2.24) is 14.8 Å². The van der Waals surface area contributed by atoms with Crippen molar-refractivity contribution in [2.45, 2.75) is 6.54 Å². The van der Waals surface area contributed by atoms with Gasteiger partial charge in [-0.05, 0) is 28.8 Å². The quantitative estimate of drug-likeness (QED) is 0.406. The Balaban J connectivity index is 1.42. The molecule has 0 aliphatic carbocycles. The first-order chi connectivity index (χ1) is 16.0. The number of methoxy groups -OCH3 is 1. The molecule has 1 saturated heterocycles. The van der Waals surface area contributed by atoms with E-state index in [9.17, 15) is 9.59 Å². The van der Waals surface area contributed by atoms with Crippen LogP contribution in [0.3, 0.4) is 0 Å². The number of carbonyl (C=O) groups excluding carboxylic acids is 2. The van der Waals surface area contributed by atoms with Gasteiger partial charge in [-0.15, -0.1) is 0 Å². The van der Waals surface area contributed by atoms with Crippen LogP contribution in [0.4, 0.5) is 0 Å². The number of carbonyl (C=O) groups is 2. The van der Waals surface area contributed by atoms with Crippen molar-refractivity contribution >= 4 is 29.1 Å². The standard InChI is InChI=1S/C25H24ClN3O4/c1-32-25(31)22-17-33-23(27-22)16-28-11-13-29(14-12-28)24(30)15-21(18-5-3-2-4-6-18)19-7-9-20(26)10-8-19/h2-10,15,17H,11-14,16H2,1H3/b21-15-. The number of nitrogens with zero attached hydrogens (tertiary/aromatic N) is 3. The van der Waals surface area contributed by atoms with E-state index in [0.717, 1.165) is 16.7 Å². The predicted octanol–water partition coefficient (Wildman–Crippen LogP) is 3.89. The molecular weight excluding hydrogens is 442 g/mol. The van der Waals surface area contributed by atoms with Gasteiger partial charge in [0.25, 0.3) is 0 Å². The Hall–Kier alpha value is -3.42.